The summed E-state index contributed by atoms with van der Waals surface area (Å²) in [6.45, 7) is 7.23. The molecule has 15 heteroatoms. The normalized spacial score (nSPS) is 24.0. The third-order valence-electron chi connectivity index (χ3n) is 6.86. The van der Waals surface area contributed by atoms with E-state index < -0.39 is 23.3 Å². The number of nitrogens with zero attached hydrogens (tertiary/aromatic N) is 11. The zero-order valence-electron chi connectivity index (χ0n) is 20.6. The maximum atomic E-state index is 12.5. The van der Waals surface area contributed by atoms with Gasteiger partial charge in [0.2, 0.25) is 0 Å². The average molecular weight is 502 g/mol. The van der Waals surface area contributed by atoms with E-state index in [0.717, 1.165) is 0 Å². The molecule has 4 heterocycles. The summed E-state index contributed by atoms with van der Waals surface area (Å²) in [5, 5.41) is 34.1. The number of carbonyl (C=O) groups is 2. The van der Waals surface area contributed by atoms with E-state index in [-0.39, 0.29) is 18.1 Å². The number of ether oxygens (including phenoxy) is 1. The first-order valence-electron chi connectivity index (χ1n) is 12.0. The van der Waals surface area contributed by atoms with Crippen molar-refractivity contribution in [3.8, 4) is 0 Å². The van der Waals surface area contributed by atoms with Crippen molar-refractivity contribution in [3.05, 3.63) is 22.3 Å². The van der Waals surface area contributed by atoms with Crippen LogP contribution in [0, 0.1) is 5.92 Å². The van der Waals surface area contributed by atoms with Crippen molar-refractivity contribution in [1.82, 2.24) is 24.8 Å². The second kappa shape index (κ2) is 10.1. The Morgan fingerprint density at radius 3 is 2.42 bits per heavy atom. The lowest BCUT2D eigenvalue weighted by Crippen LogP contribution is -2.49. The lowest BCUT2D eigenvalue weighted by molar-refractivity contribution is 0.0159. The van der Waals surface area contributed by atoms with Crippen molar-refractivity contribution in [1.29, 1.82) is 0 Å². The number of likely N-dealkylation sites (tertiary alicyclic amines) is 2. The first-order valence-corrected chi connectivity index (χ1v) is 12.0. The number of piperidine rings is 2. The van der Waals surface area contributed by atoms with Gasteiger partial charge in [-0.2, -0.15) is 5.11 Å². The quantitative estimate of drug-likeness (QED) is 0.363. The molecule has 3 aliphatic heterocycles. The highest BCUT2D eigenvalue weighted by Gasteiger charge is 2.50. The van der Waals surface area contributed by atoms with E-state index in [4.69, 9.17) is 4.74 Å². The number of carbonyl (C=O) groups excluding carboxylic acids is 1. The maximum Gasteiger partial charge on any atom is 0.410 e. The molecule has 0 aromatic carbocycles. The fourth-order valence-corrected chi connectivity index (χ4v) is 4.99. The Labute approximate surface area is 207 Å². The molecule has 3 aliphatic rings. The molecule has 2 fully saturated rings. The van der Waals surface area contributed by atoms with Gasteiger partial charge in [-0.25, -0.2) is 14.3 Å². The molecule has 0 aliphatic carbocycles. The maximum absolute atomic E-state index is 12.5. The van der Waals surface area contributed by atoms with Crippen LogP contribution in [-0.2, 0) is 4.74 Å². The summed E-state index contributed by atoms with van der Waals surface area (Å²) >= 11 is 0. The SMILES string of the molecule is CC(C)(C)OC(=O)N1CCC(C2([C@@H](N=[N+]=[N-])c3cn(C4CCN(C(=O)O)CC4)nn3)C=NN=N2)CC1. The van der Waals surface area contributed by atoms with E-state index in [0.29, 0.717) is 57.6 Å². The molecule has 36 heavy (non-hydrogen) atoms. The molecule has 0 spiro atoms. The van der Waals surface area contributed by atoms with E-state index in [2.05, 4.69) is 35.8 Å². The summed E-state index contributed by atoms with van der Waals surface area (Å²) in [6.07, 6.45) is 4.44. The van der Waals surface area contributed by atoms with E-state index >= 15 is 0 Å². The highest BCUT2D eigenvalue weighted by atomic mass is 16.6. The minimum Gasteiger partial charge on any atom is -0.465 e. The molecule has 1 unspecified atom stereocenters. The first kappa shape index (κ1) is 25.4. The molecule has 0 saturated carbocycles. The summed E-state index contributed by atoms with van der Waals surface area (Å²) in [4.78, 5) is 29.8. The van der Waals surface area contributed by atoms with Crippen LogP contribution in [0.1, 0.15) is 64.2 Å². The third kappa shape index (κ3) is 5.25. The Morgan fingerprint density at radius 1 is 1.19 bits per heavy atom. The third-order valence-corrected chi connectivity index (χ3v) is 6.86. The van der Waals surface area contributed by atoms with Gasteiger partial charge in [0.1, 0.15) is 17.2 Å². The summed E-state index contributed by atoms with van der Waals surface area (Å²) in [6, 6.07) is -0.844. The smallest absolute Gasteiger partial charge is 0.410 e. The van der Waals surface area contributed by atoms with Gasteiger partial charge in [0.15, 0.2) is 0 Å². The second-order valence-electron chi connectivity index (χ2n) is 10.3. The number of carboxylic acid groups (broad SMARTS) is 1. The van der Waals surface area contributed by atoms with Crippen LogP contribution in [0.4, 0.5) is 9.59 Å². The number of azide groups is 1. The van der Waals surface area contributed by atoms with Crippen molar-refractivity contribution in [2.45, 2.75) is 69.7 Å². The van der Waals surface area contributed by atoms with Crippen molar-refractivity contribution >= 4 is 18.4 Å². The van der Waals surface area contributed by atoms with Gasteiger partial charge >= 0.3 is 12.2 Å². The molecule has 1 aromatic heterocycles. The summed E-state index contributed by atoms with van der Waals surface area (Å²) < 4.78 is 7.20. The number of hydrogen-bond donors (Lipinski definition) is 1. The van der Waals surface area contributed by atoms with Crippen molar-refractivity contribution in [3.63, 3.8) is 0 Å². The zero-order valence-corrected chi connectivity index (χ0v) is 20.6. The van der Waals surface area contributed by atoms with Crippen LogP contribution in [0.5, 0.6) is 0 Å². The van der Waals surface area contributed by atoms with Gasteiger partial charge in [0, 0.05) is 37.3 Å². The van der Waals surface area contributed by atoms with E-state index in [9.17, 15) is 20.2 Å². The van der Waals surface area contributed by atoms with Crippen LogP contribution in [-0.4, -0.2) is 85.6 Å². The molecule has 2 atom stereocenters. The second-order valence-corrected chi connectivity index (χ2v) is 10.3. The lowest BCUT2D eigenvalue weighted by Gasteiger charge is -2.40. The zero-order chi connectivity index (χ0) is 25.9. The van der Waals surface area contributed by atoms with Crippen LogP contribution in [0.2, 0.25) is 0 Å². The molecule has 1 aromatic rings. The van der Waals surface area contributed by atoms with Gasteiger partial charge in [0.05, 0.1) is 18.0 Å². The topological polar surface area (TPSA) is 187 Å². The van der Waals surface area contributed by atoms with Crippen molar-refractivity contribution in [2.24, 2.45) is 26.5 Å². The number of amides is 2. The highest BCUT2D eigenvalue weighted by molar-refractivity contribution is 5.74. The Bertz CT molecular complexity index is 1060. The lowest BCUT2D eigenvalue weighted by atomic mass is 9.73. The van der Waals surface area contributed by atoms with Gasteiger partial charge < -0.3 is 19.6 Å². The fraction of sp³-hybridized carbons (Fsp3) is 0.762. The van der Waals surface area contributed by atoms with E-state index in [1.807, 2.05) is 20.8 Å². The largest absolute Gasteiger partial charge is 0.465 e. The van der Waals surface area contributed by atoms with E-state index in [1.165, 1.54) is 4.90 Å². The Kier molecular flexibility index (Phi) is 7.11. The van der Waals surface area contributed by atoms with Gasteiger partial charge in [-0.3, -0.25) is 0 Å². The van der Waals surface area contributed by atoms with Crippen LogP contribution in [0.25, 0.3) is 10.4 Å². The minimum atomic E-state index is -1.04. The van der Waals surface area contributed by atoms with Gasteiger partial charge in [-0.1, -0.05) is 10.3 Å². The summed E-state index contributed by atoms with van der Waals surface area (Å²) in [7, 11) is 0. The van der Waals surface area contributed by atoms with Gasteiger partial charge in [0.25, 0.3) is 0 Å². The van der Waals surface area contributed by atoms with Crippen LogP contribution >= 0.6 is 0 Å². The predicted molar refractivity (Wildman–Crippen MR) is 126 cm³/mol. The predicted octanol–water partition coefficient (Wildman–Crippen LogP) is 3.78. The number of hydrogen-bond acceptors (Lipinski definition) is 9. The molecule has 0 radical (unpaired) electrons. The molecule has 4 rings (SSSR count). The number of rotatable bonds is 5. The van der Waals surface area contributed by atoms with Crippen LogP contribution < -0.4 is 0 Å². The molecule has 0 bridgehead atoms. The molecular weight excluding hydrogens is 470 g/mol. The molecule has 15 nitrogen and oxygen atoms in total. The highest BCUT2D eigenvalue weighted by Crippen LogP contribution is 2.44. The molecule has 1 N–H and O–H groups in total. The molecule has 194 valence electrons. The van der Waals surface area contributed by atoms with Crippen LogP contribution in [0.3, 0.4) is 0 Å². The van der Waals surface area contributed by atoms with Crippen molar-refractivity contribution in [2.75, 3.05) is 26.2 Å². The fourth-order valence-electron chi connectivity index (χ4n) is 4.99. The first-order chi connectivity index (χ1) is 17.1. The summed E-state index contributed by atoms with van der Waals surface area (Å²) in [5.41, 5.74) is 8.21. The van der Waals surface area contributed by atoms with Gasteiger partial charge in [-0.05, 0) is 63.1 Å². The van der Waals surface area contributed by atoms with Crippen molar-refractivity contribution < 1.29 is 19.4 Å². The standard InChI is InChI=1S/C21H31N11O4/c1-20(2,3)36-19(35)31-8-4-14(5-9-31)21(13-23-28-26-21)17(25-27-22)16-12-32(29-24-16)15-6-10-30(11-7-15)18(33)34/h12-15,17H,4-11H2,1-3H3,(H,33,34)/t17-,21?/m0/s1. The van der Waals surface area contributed by atoms with E-state index in [1.54, 1.807) is 22.0 Å². The molecule has 2 saturated heterocycles. The van der Waals surface area contributed by atoms with Gasteiger partial charge in [-0.15, -0.1) is 10.2 Å². The van der Waals surface area contributed by atoms with Crippen LogP contribution in [0.15, 0.2) is 26.8 Å². The monoisotopic (exact) mass is 501 g/mol. The molecular formula is C21H31N11O4. The Hall–Kier alpha value is -3.74. The average Bonchev–Trinajstić information content (AvgIpc) is 3.53. The minimum absolute atomic E-state index is 0.0135. The summed E-state index contributed by atoms with van der Waals surface area (Å²) in [5.74, 6) is -0.106. The molecule has 2 amide bonds. The Balaban J connectivity index is 1.50. The Morgan fingerprint density at radius 2 is 1.86 bits per heavy atom. The number of aromatic nitrogens is 3.